The minimum Gasteiger partial charge on any atom is -0.0888 e. The van der Waals surface area contributed by atoms with E-state index in [1.54, 1.807) is 0 Å². The first-order valence-electron chi connectivity index (χ1n) is 11.9. The molecule has 0 atom stereocenters. The van der Waals surface area contributed by atoms with Gasteiger partial charge < -0.3 is 0 Å². The van der Waals surface area contributed by atoms with Gasteiger partial charge in [0, 0.05) is 9.79 Å². The monoisotopic (exact) mass is 462 g/mol. The summed E-state index contributed by atoms with van der Waals surface area (Å²) >= 11 is 1.87. The van der Waals surface area contributed by atoms with Gasteiger partial charge in [0.2, 0.25) is 0 Å². The topological polar surface area (TPSA) is 0 Å². The van der Waals surface area contributed by atoms with Crippen LogP contribution in [-0.4, -0.2) is 0 Å². The van der Waals surface area contributed by atoms with Gasteiger partial charge in [-0.2, -0.15) is 0 Å². The molecular formula is C34H22S. The molecule has 0 heterocycles. The van der Waals surface area contributed by atoms with Gasteiger partial charge in [-0.25, -0.2) is 0 Å². The van der Waals surface area contributed by atoms with Crippen molar-refractivity contribution in [3.63, 3.8) is 0 Å². The normalized spacial score (nSPS) is 11.5. The van der Waals surface area contributed by atoms with Crippen molar-refractivity contribution in [3.8, 4) is 11.1 Å². The van der Waals surface area contributed by atoms with Crippen LogP contribution >= 0.6 is 11.8 Å². The Balaban J connectivity index is 1.50. The predicted octanol–water partition coefficient (Wildman–Crippen LogP) is 10.1. The average Bonchev–Trinajstić information content (AvgIpc) is 2.93. The summed E-state index contributed by atoms with van der Waals surface area (Å²) < 4.78 is 0. The number of fused-ring (bicyclic) bond motifs is 4. The highest BCUT2D eigenvalue weighted by Crippen LogP contribution is 2.45. The number of rotatable bonds is 3. The minimum absolute atomic E-state index is 1.26. The first kappa shape index (κ1) is 20.3. The molecule has 0 saturated carbocycles. The van der Waals surface area contributed by atoms with Gasteiger partial charge in [0.15, 0.2) is 0 Å². The van der Waals surface area contributed by atoms with E-state index in [2.05, 4.69) is 133 Å². The third kappa shape index (κ3) is 3.48. The average molecular weight is 463 g/mol. The van der Waals surface area contributed by atoms with Gasteiger partial charge in [0.1, 0.15) is 0 Å². The lowest BCUT2D eigenvalue weighted by Crippen LogP contribution is -1.89. The maximum Gasteiger partial charge on any atom is 0.0279 e. The SMILES string of the molecule is c1ccc2cc(Sc3c4ccccc4c(-c4ccc5ccccc5c4)c4ccccc34)ccc2c1. The highest BCUT2D eigenvalue weighted by atomic mass is 32.2. The molecule has 164 valence electrons. The van der Waals surface area contributed by atoms with Crippen LogP contribution in [0.3, 0.4) is 0 Å². The first-order valence-corrected chi connectivity index (χ1v) is 12.8. The molecule has 0 bridgehead atoms. The zero-order valence-electron chi connectivity index (χ0n) is 19.1. The molecule has 0 saturated heterocycles. The fourth-order valence-electron chi connectivity index (χ4n) is 5.20. The summed E-state index contributed by atoms with van der Waals surface area (Å²) in [6, 6.07) is 48.5. The van der Waals surface area contributed by atoms with Crippen LogP contribution in [0.15, 0.2) is 143 Å². The van der Waals surface area contributed by atoms with E-state index in [9.17, 15) is 0 Å². The zero-order valence-corrected chi connectivity index (χ0v) is 19.9. The van der Waals surface area contributed by atoms with Gasteiger partial charge in [-0.3, -0.25) is 0 Å². The third-order valence-corrected chi connectivity index (χ3v) is 7.99. The predicted molar refractivity (Wildman–Crippen MR) is 152 cm³/mol. The van der Waals surface area contributed by atoms with Crippen LogP contribution < -0.4 is 0 Å². The summed E-state index contributed by atoms with van der Waals surface area (Å²) in [5.74, 6) is 0. The Kier molecular flexibility index (Phi) is 4.82. The first-order chi connectivity index (χ1) is 17.3. The Morgan fingerprint density at radius 1 is 0.371 bits per heavy atom. The molecule has 1 heteroatoms. The van der Waals surface area contributed by atoms with Crippen LogP contribution in [0.4, 0.5) is 0 Å². The molecule has 0 spiro atoms. The summed E-state index contributed by atoms with van der Waals surface area (Å²) in [6.07, 6.45) is 0. The largest absolute Gasteiger partial charge is 0.0888 e. The molecule has 0 aliphatic carbocycles. The van der Waals surface area contributed by atoms with Gasteiger partial charge in [-0.15, -0.1) is 0 Å². The van der Waals surface area contributed by atoms with Crippen molar-refractivity contribution in [3.05, 3.63) is 133 Å². The van der Waals surface area contributed by atoms with E-state index < -0.39 is 0 Å². The Hall–Kier alpha value is -4.07. The smallest absolute Gasteiger partial charge is 0.0279 e. The Morgan fingerprint density at radius 2 is 0.857 bits per heavy atom. The lowest BCUT2D eigenvalue weighted by molar-refractivity contribution is 1.49. The highest BCUT2D eigenvalue weighted by Gasteiger charge is 2.16. The standard InChI is InChI=1S/C34H22S/c1-3-11-25-21-27(18-17-23(25)9-1)33-29-13-5-7-15-31(29)34(32-16-8-6-14-30(32)33)35-28-20-19-24-10-2-4-12-26(24)22-28/h1-22H. The van der Waals surface area contributed by atoms with E-state index in [1.165, 1.54) is 64.0 Å². The lowest BCUT2D eigenvalue weighted by Gasteiger charge is -2.17. The minimum atomic E-state index is 1.26. The van der Waals surface area contributed by atoms with Crippen molar-refractivity contribution in [2.24, 2.45) is 0 Å². The van der Waals surface area contributed by atoms with Crippen molar-refractivity contribution in [1.82, 2.24) is 0 Å². The molecule has 0 radical (unpaired) electrons. The molecule has 0 aliphatic heterocycles. The maximum absolute atomic E-state index is 2.33. The second kappa shape index (κ2) is 8.30. The van der Waals surface area contributed by atoms with E-state index in [1.807, 2.05) is 11.8 Å². The fraction of sp³-hybridized carbons (Fsp3) is 0. The molecule has 0 N–H and O–H groups in total. The summed E-state index contributed by atoms with van der Waals surface area (Å²) in [4.78, 5) is 2.58. The van der Waals surface area contributed by atoms with Crippen LogP contribution in [0, 0.1) is 0 Å². The molecule has 0 unspecified atom stereocenters. The number of hydrogen-bond acceptors (Lipinski definition) is 1. The van der Waals surface area contributed by atoms with Crippen LogP contribution in [-0.2, 0) is 0 Å². The van der Waals surface area contributed by atoms with Gasteiger partial charge in [-0.1, -0.05) is 127 Å². The Bertz CT molecular complexity index is 1820. The molecule has 0 aromatic heterocycles. The number of hydrogen-bond donors (Lipinski definition) is 0. The molecule has 7 rings (SSSR count). The van der Waals surface area contributed by atoms with E-state index in [4.69, 9.17) is 0 Å². The van der Waals surface area contributed by atoms with Crippen LogP contribution in [0.1, 0.15) is 0 Å². The van der Waals surface area contributed by atoms with E-state index in [0.29, 0.717) is 0 Å². The second-order valence-electron chi connectivity index (χ2n) is 8.97. The number of benzene rings is 7. The summed E-state index contributed by atoms with van der Waals surface area (Å²) in [7, 11) is 0. The van der Waals surface area contributed by atoms with Gasteiger partial charge in [0.05, 0.1) is 0 Å². The highest BCUT2D eigenvalue weighted by molar-refractivity contribution is 7.99. The fourth-order valence-corrected chi connectivity index (χ4v) is 6.34. The van der Waals surface area contributed by atoms with Gasteiger partial charge in [0.25, 0.3) is 0 Å². The lowest BCUT2D eigenvalue weighted by atomic mass is 9.91. The van der Waals surface area contributed by atoms with Crippen LogP contribution in [0.5, 0.6) is 0 Å². The quantitative estimate of drug-likeness (QED) is 0.235. The molecular weight excluding hydrogens is 440 g/mol. The summed E-state index contributed by atoms with van der Waals surface area (Å²) in [5, 5.41) is 10.3. The molecule has 7 aromatic carbocycles. The van der Waals surface area contributed by atoms with E-state index in [0.717, 1.165) is 0 Å². The van der Waals surface area contributed by atoms with Crippen LogP contribution in [0.25, 0.3) is 54.2 Å². The molecule has 0 amide bonds. The Morgan fingerprint density at radius 3 is 1.49 bits per heavy atom. The van der Waals surface area contributed by atoms with Crippen molar-refractivity contribution in [1.29, 1.82) is 0 Å². The third-order valence-electron chi connectivity index (χ3n) is 6.86. The molecule has 0 aliphatic rings. The second-order valence-corrected chi connectivity index (χ2v) is 10.1. The van der Waals surface area contributed by atoms with Gasteiger partial charge in [-0.05, 0) is 72.4 Å². The van der Waals surface area contributed by atoms with Crippen molar-refractivity contribution in [2.45, 2.75) is 9.79 Å². The molecule has 0 nitrogen and oxygen atoms in total. The van der Waals surface area contributed by atoms with Crippen molar-refractivity contribution in [2.75, 3.05) is 0 Å². The van der Waals surface area contributed by atoms with E-state index in [-0.39, 0.29) is 0 Å². The van der Waals surface area contributed by atoms with Gasteiger partial charge >= 0.3 is 0 Å². The van der Waals surface area contributed by atoms with Crippen molar-refractivity contribution >= 4 is 54.9 Å². The Labute approximate surface area is 208 Å². The zero-order chi connectivity index (χ0) is 23.2. The molecule has 0 fully saturated rings. The van der Waals surface area contributed by atoms with E-state index >= 15 is 0 Å². The molecule has 35 heavy (non-hydrogen) atoms. The van der Waals surface area contributed by atoms with Crippen LogP contribution in [0.2, 0.25) is 0 Å². The maximum atomic E-state index is 2.33. The summed E-state index contributed by atoms with van der Waals surface area (Å²) in [5.41, 5.74) is 2.57. The molecule has 7 aromatic rings. The summed E-state index contributed by atoms with van der Waals surface area (Å²) in [6.45, 7) is 0. The van der Waals surface area contributed by atoms with Crippen molar-refractivity contribution < 1.29 is 0 Å².